The molecule has 0 aliphatic heterocycles. The van der Waals surface area contributed by atoms with Crippen LogP contribution in [-0.2, 0) is 16.1 Å². The van der Waals surface area contributed by atoms with E-state index in [0.717, 1.165) is 11.4 Å². The first kappa shape index (κ1) is 12.4. The molecular weight excluding hydrogens is 206 g/mol. The molecule has 0 bridgehead atoms. The lowest BCUT2D eigenvalue weighted by atomic mass is 10.3. The SMILES string of the molecule is COCC(=O)NCc1ccc(N(C)C)nc1. The van der Waals surface area contributed by atoms with Gasteiger partial charge in [0.05, 0.1) is 0 Å². The molecule has 0 unspecified atom stereocenters. The fourth-order valence-electron chi connectivity index (χ4n) is 1.17. The van der Waals surface area contributed by atoms with Gasteiger partial charge in [-0.3, -0.25) is 4.79 Å². The molecule has 16 heavy (non-hydrogen) atoms. The van der Waals surface area contributed by atoms with Crippen LogP contribution < -0.4 is 10.2 Å². The lowest BCUT2D eigenvalue weighted by Crippen LogP contribution is -2.26. The Morgan fingerprint density at radius 1 is 1.50 bits per heavy atom. The van der Waals surface area contributed by atoms with Gasteiger partial charge in [-0.25, -0.2) is 4.98 Å². The van der Waals surface area contributed by atoms with Crippen LogP contribution in [0.5, 0.6) is 0 Å². The fraction of sp³-hybridized carbons (Fsp3) is 0.455. The Labute approximate surface area is 95.4 Å². The van der Waals surface area contributed by atoms with Crippen molar-refractivity contribution >= 4 is 11.7 Å². The van der Waals surface area contributed by atoms with Crippen LogP contribution >= 0.6 is 0 Å². The molecular formula is C11H17N3O2. The smallest absolute Gasteiger partial charge is 0.246 e. The van der Waals surface area contributed by atoms with Crippen LogP contribution in [0.2, 0.25) is 0 Å². The molecule has 1 heterocycles. The first-order chi connectivity index (χ1) is 7.63. The standard InChI is InChI=1S/C11H17N3O2/c1-14(2)10-5-4-9(6-12-10)7-13-11(15)8-16-3/h4-6H,7-8H2,1-3H3,(H,13,15). The summed E-state index contributed by atoms with van der Waals surface area (Å²) in [5, 5.41) is 2.73. The Bertz CT molecular complexity index is 336. The predicted octanol–water partition coefficient (Wildman–Crippen LogP) is 0.410. The minimum absolute atomic E-state index is 0.0865. The Hall–Kier alpha value is -1.62. The van der Waals surface area contributed by atoms with E-state index in [2.05, 4.69) is 10.3 Å². The van der Waals surface area contributed by atoms with Crippen LogP contribution in [0.3, 0.4) is 0 Å². The first-order valence-corrected chi connectivity index (χ1v) is 5.01. The fourth-order valence-corrected chi connectivity index (χ4v) is 1.17. The van der Waals surface area contributed by atoms with Gasteiger partial charge in [0.1, 0.15) is 12.4 Å². The predicted molar refractivity (Wildman–Crippen MR) is 62.3 cm³/mol. The molecule has 1 aromatic rings. The highest BCUT2D eigenvalue weighted by Gasteiger charge is 2.01. The molecule has 5 nitrogen and oxygen atoms in total. The number of rotatable bonds is 5. The van der Waals surface area contributed by atoms with E-state index in [4.69, 9.17) is 4.74 Å². The van der Waals surface area contributed by atoms with Crippen LogP contribution in [0.1, 0.15) is 5.56 Å². The van der Waals surface area contributed by atoms with E-state index in [9.17, 15) is 4.79 Å². The minimum Gasteiger partial charge on any atom is -0.375 e. The van der Waals surface area contributed by atoms with E-state index >= 15 is 0 Å². The Morgan fingerprint density at radius 2 is 2.25 bits per heavy atom. The summed E-state index contributed by atoms with van der Waals surface area (Å²) >= 11 is 0. The molecule has 1 N–H and O–H groups in total. The van der Waals surface area contributed by atoms with Crippen molar-refractivity contribution in [3.63, 3.8) is 0 Å². The van der Waals surface area contributed by atoms with Gasteiger partial charge < -0.3 is 15.0 Å². The largest absolute Gasteiger partial charge is 0.375 e. The zero-order valence-corrected chi connectivity index (χ0v) is 9.86. The highest BCUT2D eigenvalue weighted by Crippen LogP contribution is 2.07. The molecule has 0 atom stereocenters. The minimum atomic E-state index is -0.126. The Kier molecular flexibility index (Phi) is 4.72. The molecule has 0 fully saturated rings. The van der Waals surface area contributed by atoms with Gasteiger partial charge in [0.2, 0.25) is 5.91 Å². The van der Waals surface area contributed by atoms with Crippen LogP contribution in [-0.4, -0.2) is 38.7 Å². The van der Waals surface area contributed by atoms with E-state index in [1.165, 1.54) is 7.11 Å². The van der Waals surface area contributed by atoms with Crippen molar-refractivity contribution in [2.75, 3.05) is 32.7 Å². The number of amides is 1. The third kappa shape index (κ3) is 3.86. The summed E-state index contributed by atoms with van der Waals surface area (Å²) in [6.07, 6.45) is 1.75. The molecule has 0 aromatic carbocycles. The van der Waals surface area contributed by atoms with Crippen molar-refractivity contribution in [2.45, 2.75) is 6.54 Å². The number of aromatic nitrogens is 1. The van der Waals surface area contributed by atoms with Crippen LogP contribution in [0, 0.1) is 0 Å². The molecule has 0 saturated heterocycles. The number of carbonyl (C=O) groups excluding carboxylic acids is 1. The summed E-state index contributed by atoms with van der Waals surface area (Å²) in [5.74, 6) is 0.770. The lowest BCUT2D eigenvalue weighted by molar-refractivity contribution is -0.124. The van der Waals surface area contributed by atoms with Gasteiger partial charge in [0.15, 0.2) is 0 Å². The highest BCUT2D eigenvalue weighted by molar-refractivity contribution is 5.77. The van der Waals surface area contributed by atoms with Gasteiger partial charge in [0.25, 0.3) is 0 Å². The van der Waals surface area contributed by atoms with Gasteiger partial charge in [-0.15, -0.1) is 0 Å². The molecule has 1 aromatic heterocycles. The molecule has 88 valence electrons. The van der Waals surface area contributed by atoms with Crippen LogP contribution in [0.15, 0.2) is 18.3 Å². The maximum Gasteiger partial charge on any atom is 0.246 e. The summed E-state index contributed by atoms with van der Waals surface area (Å²) in [5.41, 5.74) is 0.968. The van der Waals surface area contributed by atoms with E-state index < -0.39 is 0 Å². The molecule has 5 heteroatoms. The number of nitrogens with zero attached hydrogens (tertiary/aromatic N) is 2. The number of pyridine rings is 1. The van der Waals surface area contributed by atoms with Gasteiger partial charge >= 0.3 is 0 Å². The van der Waals surface area contributed by atoms with Gasteiger partial charge in [-0.2, -0.15) is 0 Å². The number of ether oxygens (including phenoxy) is 1. The normalized spacial score (nSPS) is 9.94. The molecule has 0 aliphatic carbocycles. The van der Waals surface area contributed by atoms with E-state index in [1.807, 2.05) is 31.1 Å². The second-order valence-corrected chi connectivity index (χ2v) is 3.63. The Balaban J connectivity index is 2.46. The van der Waals surface area contributed by atoms with Crippen molar-refractivity contribution in [3.8, 4) is 0 Å². The highest BCUT2D eigenvalue weighted by atomic mass is 16.5. The van der Waals surface area contributed by atoms with Gasteiger partial charge in [-0.1, -0.05) is 6.07 Å². The molecule has 0 radical (unpaired) electrons. The number of hydrogen-bond acceptors (Lipinski definition) is 4. The average Bonchev–Trinajstić information content (AvgIpc) is 2.27. The topological polar surface area (TPSA) is 54.5 Å². The summed E-state index contributed by atoms with van der Waals surface area (Å²) in [6.45, 7) is 0.562. The summed E-state index contributed by atoms with van der Waals surface area (Å²) < 4.78 is 4.71. The van der Waals surface area contributed by atoms with Crippen molar-refractivity contribution in [1.29, 1.82) is 0 Å². The molecule has 0 aliphatic rings. The molecule has 0 saturated carbocycles. The van der Waals surface area contributed by atoms with Crippen molar-refractivity contribution < 1.29 is 9.53 Å². The quantitative estimate of drug-likeness (QED) is 0.785. The van der Waals surface area contributed by atoms with E-state index in [1.54, 1.807) is 6.20 Å². The number of carbonyl (C=O) groups is 1. The summed E-state index contributed by atoms with van der Waals surface area (Å²) in [4.78, 5) is 17.3. The molecule has 0 spiro atoms. The van der Waals surface area contributed by atoms with Crippen molar-refractivity contribution in [2.24, 2.45) is 0 Å². The third-order valence-electron chi connectivity index (χ3n) is 2.03. The van der Waals surface area contributed by atoms with Gasteiger partial charge in [-0.05, 0) is 11.6 Å². The third-order valence-corrected chi connectivity index (χ3v) is 2.03. The Morgan fingerprint density at radius 3 is 2.75 bits per heavy atom. The van der Waals surface area contributed by atoms with Crippen molar-refractivity contribution in [3.05, 3.63) is 23.9 Å². The number of hydrogen-bond donors (Lipinski definition) is 1. The van der Waals surface area contributed by atoms with Gasteiger partial charge in [0, 0.05) is 33.9 Å². The van der Waals surface area contributed by atoms with E-state index in [-0.39, 0.29) is 12.5 Å². The molecule has 1 amide bonds. The maximum atomic E-state index is 11.1. The second-order valence-electron chi connectivity index (χ2n) is 3.63. The van der Waals surface area contributed by atoms with E-state index in [0.29, 0.717) is 6.54 Å². The number of methoxy groups -OCH3 is 1. The molecule has 1 rings (SSSR count). The summed E-state index contributed by atoms with van der Waals surface area (Å²) in [7, 11) is 5.36. The summed E-state index contributed by atoms with van der Waals surface area (Å²) in [6, 6.07) is 3.85. The monoisotopic (exact) mass is 223 g/mol. The second kappa shape index (κ2) is 6.07. The number of nitrogens with one attached hydrogen (secondary N) is 1. The zero-order valence-electron chi connectivity index (χ0n) is 9.86. The lowest BCUT2D eigenvalue weighted by Gasteiger charge is -2.11. The maximum absolute atomic E-state index is 11.1. The van der Waals surface area contributed by atoms with Crippen LogP contribution in [0.25, 0.3) is 0 Å². The van der Waals surface area contributed by atoms with Crippen LogP contribution in [0.4, 0.5) is 5.82 Å². The average molecular weight is 223 g/mol. The van der Waals surface area contributed by atoms with Crippen molar-refractivity contribution in [1.82, 2.24) is 10.3 Å². The zero-order chi connectivity index (χ0) is 12.0. The first-order valence-electron chi connectivity index (χ1n) is 5.01. The number of anilines is 1.